The van der Waals surface area contributed by atoms with Gasteiger partial charge in [0.05, 0.1) is 17.4 Å². The van der Waals surface area contributed by atoms with Crippen LogP contribution >= 0.6 is 15.9 Å². The number of nitrogens with zero attached hydrogens (tertiary/aromatic N) is 1. The molecule has 0 aliphatic rings. The number of hydrogen-bond donors (Lipinski definition) is 2. The molecule has 2 N–H and O–H groups in total. The summed E-state index contributed by atoms with van der Waals surface area (Å²) >= 11 is 3.29. The minimum atomic E-state index is -1.14. The summed E-state index contributed by atoms with van der Waals surface area (Å²) in [6.45, 7) is -0.232. The molecular formula is C14H11BrN2O4. The van der Waals surface area contributed by atoms with E-state index in [1.165, 1.54) is 18.5 Å². The molecule has 0 atom stereocenters. The number of amides is 1. The van der Waals surface area contributed by atoms with Crippen LogP contribution in [-0.4, -0.2) is 28.6 Å². The van der Waals surface area contributed by atoms with E-state index in [-0.39, 0.29) is 17.9 Å². The first-order chi connectivity index (χ1) is 10.1. The van der Waals surface area contributed by atoms with Gasteiger partial charge in [0.25, 0.3) is 5.91 Å². The van der Waals surface area contributed by atoms with Gasteiger partial charge in [0.2, 0.25) is 0 Å². The van der Waals surface area contributed by atoms with Crippen molar-refractivity contribution in [2.75, 3.05) is 11.9 Å². The minimum absolute atomic E-state index is 0.0270. The van der Waals surface area contributed by atoms with Crippen molar-refractivity contribution in [1.82, 2.24) is 4.98 Å². The maximum Gasteiger partial charge on any atom is 0.337 e. The van der Waals surface area contributed by atoms with Crippen molar-refractivity contribution in [3.05, 3.63) is 52.8 Å². The highest BCUT2D eigenvalue weighted by molar-refractivity contribution is 9.10. The van der Waals surface area contributed by atoms with Gasteiger partial charge in [0, 0.05) is 10.7 Å². The third kappa shape index (κ3) is 4.28. The number of rotatable bonds is 5. The third-order valence-electron chi connectivity index (χ3n) is 2.49. The highest BCUT2D eigenvalue weighted by atomic mass is 79.9. The summed E-state index contributed by atoms with van der Waals surface area (Å²) < 4.78 is 6.15. The number of benzene rings is 1. The lowest BCUT2D eigenvalue weighted by Crippen LogP contribution is -2.21. The smallest absolute Gasteiger partial charge is 0.337 e. The molecular weight excluding hydrogens is 340 g/mol. The number of carbonyl (C=O) groups excluding carboxylic acids is 1. The van der Waals surface area contributed by atoms with Crippen molar-refractivity contribution in [3.8, 4) is 5.75 Å². The Morgan fingerprint density at radius 2 is 2.14 bits per heavy atom. The van der Waals surface area contributed by atoms with E-state index in [0.29, 0.717) is 5.75 Å². The summed E-state index contributed by atoms with van der Waals surface area (Å²) in [5, 5.41) is 11.5. The zero-order chi connectivity index (χ0) is 15.2. The summed E-state index contributed by atoms with van der Waals surface area (Å²) in [7, 11) is 0. The summed E-state index contributed by atoms with van der Waals surface area (Å²) in [6.07, 6.45) is 2.62. The maximum absolute atomic E-state index is 11.8. The Labute approximate surface area is 128 Å². The maximum atomic E-state index is 11.8. The summed E-state index contributed by atoms with van der Waals surface area (Å²) in [6, 6.07) is 8.36. The average molecular weight is 351 g/mol. The Morgan fingerprint density at radius 1 is 1.33 bits per heavy atom. The summed E-state index contributed by atoms with van der Waals surface area (Å²) in [5.41, 5.74) is 0.105. The fraction of sp³-hybridized carbons (Fsp3) is 0.0714. The van der Waals surface area contributed by atoms with Crippen LogP contribution in [0, 0.1) is 0 Å². The number of pyridine rings is 1. The molecule has 0 fully saturated rings. The Hall–Kier alpha value is -2.41. The Balaban J connectivity index is 1.98. The van der Waals surface area contributed by atoms with Gasteiger partial charge in [-0.1, -0.05) is 22.0 Å². The average Bonchev–Trinajstić information content (AvgIpc) is 2.45. The molecule has 0 unspecified atom stereocenters. The van der Waals surface area contributed by atoms with Gasteiger partial charge in [-0.3, -0.25) is 9.78 Å². The Morgan fingerprint density at radius 3 is 2.86 bits per heavy atom. The first-order valence-corrected chi connectivity index (χ1v) is 6.71. The molecule has 0 saturated heterocycles. The van der Waals surface area contributed by atoms with Crippen molar-refractivity contribution >= 4 is 33.5 Å². The predicted molar refractivity (Wildman–Crippen MR) is 79.5 cm³/mol. The predicted octanol–water partition coefficient (Wildman–Crippen LogP) is 2.56. The molecule has 1 heterocycles. The van der Waals surface area contributed by atoms with Crippen LogP contribution in [0.5, 0.6) is 5.75 Å². The monoisotopic (exact) mass is 350 g/mol. The van der Waals surface area contributed by atoms with Crippen LogP contribution in [0.1, 0.15) is 10.4 Å². The van der Waals surface area contributed by atoms with Crippen molar-refractivity contribution in [2.45, 2.75) is 0 Å². The molecule has 21 heavy (non-hydrogen) atoms. The topological polar surface area (TPSA) is 88.5 Å². The van der Waals surface area contributed by atoms with Gasteiger partial charge in [-0.2, -0.15) is 0 Å². The number of nitrogens with one attached hydrogen (secondary N) is 1. The second kappa shape index (κ2) is 6.85. The lowest BCUT2D eigenvalue weighted by molar-refractivity contribution is -0.118. The van der Waals surface area contributed by atoms with E-state index in [1.54, 1.807) is 18.2 Å². The molecule has 1 aromatic heterocycles. The molecule has 2 aromatic rings. The molecule has 0 spiro atoms. The van der Waals surface area contributed by atoms with E-state index < -0.39 is 11.9 Å². The number of aromatic nitrogens is 1. The Bertz CT molecular complexity index is 676. The molecule has 2 rings (SSSR count). The second-order valence-electron chi connectivity index (χ2n) is 4.02. The molecule has 1 amide bonds. The van der Waals surface area contributed by atoms with Crippen LogP contribution < -0.4 is 10.1 Å². The lowest BCUT2D eigenvalue weighted by atomic mass is 10.2. The highest BCUT2D eigenvalue weighted by Crippen LogP contribution is 2.18. The van der Waals surface area contributed by atoms with E-state index in [1.807, 2.05) is 6.07 Å². The number of anilines is 1. The molecule has 108 valence electrons. The molecule has 7 heteroatoms. The van der Waals surface area contributed by atoms with Crippen LogP contribution in [-0.2, 0) is 4.79 Å². The standard InChI is InChI=1S/C14H11BrN2O4/c15-9-2-1-3-10(6-9)21-8-13(18)17-12-7-16-5-4-11(12)14(19)20/h1-7H,8H2,(H,17,18)(H,19,20). The van der Waals surface area contributed by atoms with Crippen molar-refractivity contribution < 1.29 is 19.4 Å². The molecule has 0 aliphatic heterocycles. The van der Waals surface area contributed by atoms with E-state index >= 15 is 0 Å². The van der Waals surface area contributed by atoms with E-state index in [0.717, 1.165) is 4.47 Å². The van der Waals surface area contributed by atoms with Gasteiger partial charge < -0.3 is 15.2 Å². The Kier molecular flexibility index (Phi) is 4.89. The fourth-order valence-electron chi connectivity index (χ4n) is 1.57. The number of halogens is 1. The highest BCUT2D eigenvalue weighted by Gasteiger charge is 2.12. The number of aromatic carboxylic acids is 1. The van der Waals surface area contributed by atoms with Crippen LogP contribution in [0.2, 0.25) is 0 Å². The quantitative estimate of drug-likeness (QED) is 0.864. The first-order valence-electron chi connectivity index (χ1n) is 5.92. The molecule has 0 saturated carbocycles. The van der Waals surface area contributed by atoms with Gasteiger partial charge in [-0.25, -0.2) is 4.79 Å². The van der Waals surface area contributed by atoms with Crippen molar-refractivity contribution in [1.29, 1.82) is 0 Å². The van der Waals surface area contributed by atoms with Crippen LogP contribution in [0.4, 0.5) is 5.69 Å². The van der Waals surface area contributed by atoms with Crippen LogP contribution in [0.25, 0.3) is 0 Å². The van der Waals surface area contributed by atoms with Gasteiger partial charge in [0.1, 0.15) is 5.75 Å². The van der Waals surface area contributed by atoms with E-state index in [2.05, 4.69) is 26.2 Å². The molecule has 6 nitrogen and oxygen atoms in total. The number of ether oxygens (including phenoxy) is 1. The summed E-state index contributed by atoms with van der Waals surface area (Å²) in [5.74, 6) is -1.07. The minimum Gasteiger partial charge on any atom is -0.484 e. The number of carboxylic acids is 1. The summed E-state index contributed by atoms with van der Waals surface area (Å²) in [4.78, 5) is 26.6. The molecule has 1 aromatic carbocycles. The van der Waals surface area contributed by atoms with Crippen molar-refractivity contribution in [3.63, 3.8) is 0 Å². The van der Waals surface area contributed by atoms with E-state index in [9.17, 15) is 9.59 Å². The largest absolute Gasteiger partial charge is 0.484 e. The fourth-order valence-corrected chi connectivity index (χ4v) is 1.95. The zero-order valence-electron chi connectivity index (χ0n) is 10.7. The lowest BCUT2D eigenvalue weighted by Gasteiger charge is -2.09. The van der Waals surface area contributed by atoms with Gasteiger partial charge >= 0.3 is 5.97 Å². The molecule has 0 aliphatic carbocycles. The first kappa shape index (κ1) is 15.0. The van der Waals surface area contributed by atoms with Gasteiger partial charge in [0.15, 0.2) is 6.61 Å². The normalized spacial score (nSPS) is 9.95. The zero-order valence-corrected chi connectivity index (χ0v) is 12.3. The second-order valence-corrected chi connectivity index (χ2v) is 4.94. The van der Waals surface area contributed by atoms with Gasteiger partial charge in [-0.15, -0.1) is 0 Å². The SMILES string of the molecule is O=C(COc1cccc(Br)c1)Nc1cnccc1C(=O)O. The molecule has 0 bridgehead atoms. The van der Waals surface area contributed by atoms with Crippen LogP contribution in [0.3, 0.4) is 0 Å². The number of hydrogen-bond acceptors (Lipinski definition) is 4. The van der Waals surface area contributed by atoms with E-state index in [4.69, 9.17) is 9.84 Å². The van der Waals surface area contributed by atoms with Crippen molar-refractivity contribution in [2.24, 2.45) is 0 Å². The molecule has 0 radical (unpaired) electrons. The number of carboxylic acid groups (broad SMARTS) is 1. The van der Waals surface area contributed by atoms with Crippen LogP contribution in [0.15, 0.2) is 47.2 Å². The van der Waals surface area contributed by atoms with Gasteiger partial charge in [-0.05, 0) is 24.3 Å². The third-order valence-corrected chi connectivity index (χ3v) is 2.98. The number of carbonyl (C=O) groups is 2.